The second kappa shape index (κ2) is 7.00. The lowest BCUT2D eigenvalue weighted by molar-refractivity contribution is -0.136. The van der Waals surface area contributed by atoms with Crippen LogP contribution in [-0.2, 0) is 15.1 Å². The fourth-order valence-corrected chi connectivity index (χ4v) is 5.84. The molecule has 2 saturated heterocycles. The number of ether oxygens (including phenoxy) is 1. The minimum Gasteiger partial charge on any atom is -0.495 e. The van der Waals surface area contributed by atoms with Gasteiger partial charge in [-0.05, 0) is 50.1 Å². The summed E-state index contributed by atoms with van der Waals surface area (Å²) in [6.07, 6.45) is 2.70. The summed E-state index contributed by atoms with van der Waals surface area (Å²) >= 11 is 6.15. The maximum atomic E-state index is 13.7. The van der Waals surface area contributed by atoms with E-state index >= 15 is 0 Å². The predicted octanol–water partition coefficient (Wildman–Crippen LogP) is 3.64. The molecule has 2 aromatic carbocycles. The maximum absolute atomic E-state index is 13.7. The number of anilines is 2. The highest BCUT2D eigenvalue weighted by atomic mass is 35.5. The van der Waals surface area contributed by atoms with Gasteiger partial charge in [-0.1, -0.05) is 29.8 Å². The zero-order valence-electron chi connectivity index (χ0n) is 17.0. The summed E-state index contributed by atoms with van der Waals surface area (Å²) in [6, 6.07) is 13.2. The summed E-state index contributed by atoms with van der Waals surface area (Å²) in [4.78, 5) is 31.4. The molecule has 1 N–H and O–H groups in total. The van der Waals surface area contributed by atoms with Gasteiger partial charge in [0.1, 0.15) is 11.3 Å². The molecule has 6 nitrogen and oxygen atoms in total. The summed E-state index contributed by atoms with van der Waals surface area (Å²) in [6.45, 7) is 0.822. The van der Waals surface area contributed by atoms with Gasteiger partial charge in [-0.25, -0.2) is 0 Å². The number of nitrogens with zero attached hydrogens (tertiary/aromatic N) is 2. The highest BCUT2D eigenvalue weighted by Gasteiger charge is 2.66. The van der Waals surface area contributed by atoms with E-state index in [1.165, 1.54) is 0 Å². The molecule has 3 atom stereocenters. The Labute approximate surface area is 180 Å². The van der Waals surface area contributed by atoms with E-state index in [4.69, 9.17) is 16.3 Å². The molecule has 5 rings (SSSR count). The third kappa shape index (κ3) is 2.53. The van der Waals surface area contributed by atoms with Gasteiger partial charge in [-0.15, -0.1) is 0 Å². The number of fused-ring (bicyclic) bond motifs is 4. The van der Waals surface area contributed by atoms with Crippen molar-refractivity contribution in [2.75, 3.05) is 30.9 Å². The number of methoxy groups -OCH3 is 1. The van der Waals surface area contributed by atoms with E-state index < -0.39 is 11.5 Å². The van der Waals surface area contributed by atoms with E-state index in [1.54, 1.807) is 37.3 Å². The van der Waals surface area contributed by atoms with Crippen molar-refractivity contribution in [3.8, 4) is 5.75 Å². The topological polar surface area (TPSA) is 61.9 Å². The van der Waals surface area contributed by atoms with Crippen LogP contribution in [0.25, 0.3) is 0 Å². The number of rotatable bonds is 3. The zero-order chi connectivity index (χ0) is 21.0. The number of amides is 2. The third-order valence-corrected chi connectivity index (χ3v) is 7.12. The van der Waals surface area contributed by atoms with Gasteiger partial charge >= 0.3 is 0 Å². The molecule has 0 aromatic heterocycles. The van der Waals surface area contributed by atoms with Crippen molar-refractivity contribution in [3.63, 3.8) is 0 Å². The van der Waals surface area contributed by atoms with Gasteiger partial charge in [0.25, 0.3) is 5.91 Å². The minimum atomic E-state index is -0.956. The van der Waals surface area contributed by atoms with Crippen LogP contribution in [0.2, 0.25) is 5.02 Å². The van der Waals surface area contributed by atoms with Gasteiger partial charge in [0, 0.05) is 29.4 Å². The second-order valence-corrected chi connectivity index (χ2v) is 8.70. The zero-order valence-corrected chi connectivity index (χ0v) is 17.8. The average molecular weight is 426 g/mol. The van der Waals surface area contributed by atoms with E-state index in [0.29, 0.717) is 22.9 Å². The van der Waals surface area contributed by atoms with Crippen LogP contribution in [0.5, 0.6) is 5.75 Å². The number of hydrogen-bond acceptors (Lipinski definition) is 4. The molecule has 1 spiro atoms. The molecule has 0 saturated carbocycles. The molecule has 3 aliphatic heterocycles. The van der Waals surface area contributed by atoms with Gasteiger partial charge in [-0.3, -0.25) is 14.5 Å². The van der Waals surface area contributed by atoms with E-state index in [0.717, 1.165) is 30.6 Å². The summed E-state index contributed by atoms with van der Waals surface area (Å²) in [5, 5.41) is 3.51. The van der Waals surface area contributed by atoms with Crippen molar-refractivity contribution >= 4 is 34.8 Å². The maximum Gasteiger partial charge on any atom is 0.252 e. The van der Waals surface area contributed by atoms with Crippen molar-refractivity contribution in [1.29, 1.82) is 0 Å². The van der Waals surface area contributed by atoms with E-state index in [-0.39, 0.29) is 17.9 Å². The summed E-state index contributed by atoms with van der Waals surface area (Å²) in [7, 11) is 3.35. The van der Waals surface area contributed by atoms with Gasteiger partial charge in [0.15, 0.2) is 0 Å². The first kappa shape index (κ1) is 19.4. The number of para-hydroxylation sites is 1. The van der Waals surface area contributed by atoms with E-state index in [1.807, 2.05) is 24.3 Å². The number of hydrogen-bond donors (Lipinski definition) is 1. The Bertz CT molecular complexity index is 1040. The molecular weight excluding hydrogens is 402 g/mol. The predicted molar refractivity (Wildman–Crippen MR) is 116 cm³/mol. The number of carbonyl (C=O) groups excluding carboxylic acids is 2. The smallest absolute Gasteiger partial charge is 0.252 e. The largest absolute Gasteiger partial charge is 0.495 e. The number of carbonyl (C=O) groups is 2. The van der Waals surface area contributed by atoms with E-state index in [9.17, 15) is 9.59 Å². The van der Waals surface area contributed by atoms with Crippen LogP contribution < -0.4 is 15.0 Å². The Morgan fingerprint density at radius 3 is 2.87 bits per heavy atom. The van der Waals surface area contributed by atoms with E-state index in [2.05, 4.69) is 10.2 Å². The Balaban J connectivity index is 1.59. The van der Waals surface area contributed by atoms with Crippen LogP contribution in [0.1, 0.15) is 24.8 Å². The first-order chi connectivity index (χ1) is 14.5. The molecule has 2 fully saturated rings. The Morgan fingerprint density at radius 1 is 1.27 bits per heavy atom. The molecule has 2 aromatic rings. The fourth-order valence-electron chi connectivity index (χ4n) is 5.67. The standard InChI is InChI=1S/C23H24ClN3O3/c1-26-19-8-4-3-7-16(19)23(22(26)29)17(13-15-6-5-11-27(15)23)21(28)25-18-12-14(24)9-10-20(18)30-2/h3-4,7-10,12,15,17H,5-6,11,13H2,1-2H3,(H,25,28)/t15-,17-,23-/m1/s1. The van der Waals surface area contributed by atoms with Crippen LogP contribution in [0.3, 0.4) is 0 Å². The van der Waals surface area contributed by atoms with Crippen LogP contribution in [0, 0.1) is 5.92 Å². The molecule has 3 aliphatic rings. The van der Waals surface area contributed by atoms with Crippen molar-refractivity contribution in [1.82, 2.24) is 4.90 Å². The lowest BCUT2D eigenvalue weighted by atomic mass is 9.78. The Kier molecular flexibility index (Phi) is 4.52. The number of nitrogens with one attached hydrogen (secondary N) is 1. The number of likely N-dealkylation sites (N-methyl/N-ethyl adjacent to an activating group) is 1. The van der Waals surface area contributed by atoms with Crippen LogP contribution in [-0.4, -0.2) is 43.5 Å². The first-order valence-electron chi connectivity index (χ1n) is 10.3. The molecule has 156 valence electrons. The van der Waals surface area contributed by atoms with Crippen molar-refractivity contribution in [3.05, 3.63) is 53.1 Å². The van der Waals surface area contributed by atoms with Gasteiger partial charge in [-0.2, -0.15) is 0 Å². The SMILES string of the molecule is COc1ccc(Cl)cc1NC(=O)[C@H]1C[C@H]2CCCN2[C@@]12C(=O)N(C)c1ccccc12. The first-order valence-corrected chi connectivity index (χ1v) is 10.6. The summed E-state index contributed by atoms with van der Waals surface area (Å²) in [5.41, 5.74) is 1.38. The van der Waals surface area contributed by atoms with Crippen LogP contribution in [0.4, 0.5) is 11.4 Å². The normalized spacial score (nSPS) is 27.4. The molecular formula is C23H24ClN3O3. The summed E-state index contributed by atoms with van der Waals surface area (Å²) in [5.74, 6) is -0.157. The number of halogens is 1. The van der Waals surface area contributed by atoms with Crippen molar-refractivity contribution in [2.45, 2.75) is 30.8 Å². The molecule has 30 heavy (non-hydrogen) atoms. The minimum absolute atomic E-state index is 0.0219. The monoisotopic (exact) mass is 425 g/mol. The second-order valence-electron chi connectivity index (χ2n) is 8.26. The lowest BCUT2D eigenvalue weighted by Gasteiger charge is -2.37. The quantitative estimate of drug-likeness (QED) is 0.815. The molecule has 0 aliphatic carbocycles. The highest BCUT2D eigenvalue weighted by molar-refractivity contribution is 6.31. The molecule has 2 amide bonds. The molecule has 3 heterocycles. The fraction of sp³-hybridized carbons (Fsp3) is 0.391. The highest BCUT2D eigenvalue weighted by Crippen LogP contribution is 2.56. The Hall–Kier alpha value is -2.57. The summed E-state index contributed by atoms with van der Waals surface area (Å²) < 4.78 is 5.39. The number of benzene rings is 2. The third-order valence-electron chi connectivity index (χ3n) is 6.88. The molecule has 0 unspecified atom stereocenters. The molecule has 0 radical (unpaired) electrons. The molecule has 0 bridgehead atoms. The Morgan fingerprint density at radius 2 is 2.07 bits per heavy atom. The molecule has 7 heteroatoms. The van der Waals surface area contributed by atoms with Crippen LogP contribution in [0.15, 0.2) is 42.5 Å². The van der Waals surface area contributed by atoms with Crippen LogP contribution >= 0.6 is 11.6 Å². The van der Waals surface area contributed by atoms with Crippen molar-refractivity contribution in [2.24, 2.45) is 5.92 Å². The van der Waals surface area contributed by atoms with Gasteiger partial charge in [0.2, 0.25) is 5.91 Å². The average Bonchev–Trinajstić information content (AvgIpc) is 3.38. The van der Waals surface area contributed by atoms with Gasteiger partial charge < -0.3 is 15.0 Å². The van der Waals surface area contributed by atoms with Crippen molar-refractivity contribution < 1.29 is 14.3 Å². The lowest BCUT2D eigenvalue weighted by Crippen LogP contribution is -2.55. The van der Waals surface area contributed by atoms with Gasteiger partial charge in [0.05, 0.1) is 18.7 Å².